The Labute approximate surface area is 159 Å². The number of methoxy groups -OCH3 is 1. The third kappa shape index (κ3) is 3.57. The Balaban J connectivity index is 2.20. The van der Waals surface area contributed by atoms with E-state index in [9.17, 15) is 19.5 Å². The molecule has 0 saturated heterocycles. The van der Waals surface area contributed by atoms with Crippen LogP contribution in [0.5, 0.6) is 5.88 Å². The summed E-state index contributed by atoms with van der Waals surface area (Å²) in [5, 5.41) is 19.5. The number of aromatic hydroxyl groups is 1. The van der Waals surface area contributed by atoms with Gasteiger partial charge in [-0.25, -0.2) is 4.79 Å². The van der Waals surface area contributed by atoms with Crippen LogP contribution < -0.4 is 5.56 Å². The van der Waals surface area contributed by atoms with Crippen molar-refractivity contribution >= 4 is 17.6 Å². The van der Waals surface area contributed by atoms with Crippen molar-refractivity contribution in [1.29, 1.82) is 0 Å². The van der Waals surface area contributed by atoms with Crippen molar-refractivity contribution in [3.05, 3.63) is 75.2 Å². The van der Waals surface area contributed by atoms with Crippen LogP contribution in [0.3, 0.4) is 0 Å². The van der Waals surface area contributed by atoms with Crippen LogP contribution in [-0.4, -0.2) is 38.6 Å². The van der Waals surface area contributed by atoms with Crippen molar-refractivity contribution in [1.82, 2.24) is 9.38 Å². The lowest BCUT2D eigenvalue weighted by Crippen LogP contribution is -2.24. The summed E-state index contributed by atoms with van der Waals surface area (Å²) in [4.78, 5) is 40.2. The highest BCUT2D eigenvalue weighted by atomic mass is 16.5. The van der Waals surface area contributed by atoms with Crippen LogP contribution in [0.1, 0.15) is 39.4 Å². The summed E-state index contributed by atoms with van der Waals surface area (Å²) in [5.74, 6) is -3.01. The number of hydrogen-bond acceptors (Lipinski definition) is 6. The molecule has 0 spiro atoms. The van der Waals surface area contributed by atoms with Gasteiger partial charge in [-0.15, -0.1) is 0 Å². The molecule has 1 atom stereocenters. The fourth-order valence-corrected chi connectivity index (χ4v) is 3.04. The van der Waals surface area contributed by atoms with E-state index in [1.54, 1.807) is 18.3 Å². The van der Waals surface area contributed by atoms with Gasteiger partial charge in [-0.1, -0.05) is 12.1 Å². The number of fused-ring (bicyclic) bond motifs is 1. The number of ether oxygens (including phenoxy) is 1. The molecule has 2 aromatic heterocycles. The van der Waals surface area contributed by atoms with Crippen molar-refractivity contribution in [2.75, 3.05) is 7.11 Å². The number of nitrogens with zero attached hydrogens (tertiary/aromatic N) is 2. The van der Waals surface area contributed by atoms with E-state index in [1.165, 1.54) is 35.8 Å². The first-order chi connectivity index (χ1) is 13.3. The molecule has 0 saturated carbocycles. The summed E-state index contributed by atoms with van der Waals surface area (Å²) in [5.41, 5.74) is 1.12. The number of carbonyl (C=O) groups is 2. The van der Waals surface area contributed by atoms with Gasteiger partial charge in [-0.2, -0.15) is 4.98 Å². The van der Waals surface area contributed by atoms with Gasteiger partial charge >= 0.3 is 11.9 Å². The molecule has 2 heterocycles. The second kappa shape index (κ2) is 7.51. The van der Waals surface area contributed by atoms with Gasteiger partial charge in [-0.3, -0.25) is 14.0 Å². The van der Waals surface area contributed by atoms with E-state index in [4.69, 9.17) is 9.84 Å². The Bertz CT molecular complexity index is 1120. The summed E-state index contributed by atoms with van der Waals surface area (Å²) in [6, 6.07) is 9.12. The molecule has 2 N–H and O–H groups in total. The second-order valence-corrected chi connectivity index (χ2v) is 6.35. The molecule has 3 rings (SSSR count). The summed E-state index contributed by atoms with van der Waals surface area (Å²) >= 11 is 0. The molecule has 0 aliphatic heterocycles. The van der Waals surface area contributed by atoms with Gasteiger partial charge in [0.15, 0.2) is 0 Å². The van der Waals surface area contributed by atoms with E-state index in [-0.39, 0.29) is 23.2 Å². The molecule has 0 unspecified atom stereocenters. The minimum Gasteiger partial charge on any atom is -0.493 e. The minimum atomic E-state index is -1.10. The number of pyridine rings is 1. The van der Waals surface area contributed by atoms with E-state index >= 15 is 0 Å². The number of aromatic carboxylic acids is 1. The third-order valence-corrected chi connectivity index (χ3v) is 4.51. The number of carboxylic acid groups (broad SMARTS) is 1. The van der Waals surface area contributed by atoms with Crippen molar-refractivity contribution in [2.45, 2.75) is 19.3 Å². The zero-order chi connectivity index (χ0) is 20.4. The SMILES string of the molecule is COC(=O)C[C@H](c1ccc(C(=O)O)cc1)c1c(O)nc2cc(C)ccn2c1=O. The van der Waals surface area contributed by atoms with Crippen LogP contribution >= 0.6 is 0 Å². The Hall–Kier alpha value is -3.68. The van der Waals surface area contributed by atoms with Gasteiger partial charge in [0.25, 0.3) is 5.56 Å². The number of benzene rings is 1. The topological polar surface area (TPSA) is 118 Å². The maximum absolute atomic E-state index is 13.0. The van der Waals surface area contributed by atoms with E-state index in [0.717, 1.165) is 5.56 Å². The molecule has 1 aromatic carbocycles. The number of hydrogen-bond donors (Lipinski definition) is 2. The van der Waals surface area contributed by atoms with Gasteiger partial charge in [0, 0.05) is 12.1 Å². The average Bonchev–Trinajstić information content (AvgIpc) is 2.66. The van der Waals surface area contributed by atoms with E-state index in [1.807, 2.05) is 6.92 Å². The molecule has 3 aromatic rings. The lowest BCUT2D eigenvalue weighted by atomic mass is 9.89. The normalized spacial score (nSPS) is 11.9. The predicted molar refractivity (Wildman–Crippen MR) is 99.7 cm³/mol. The Morgan fingerprint density at radius 3 is 2.50 bits per heavy atom. The highest BCUT2D eigenvalue weighted by Gasteiger charge is 2.27. The van der Waals surface area contributed by atoms with Crippen molar-refractivity contribution in [2.24, 2.45) is 0 Å². The molecule has 0 amide bonds. The fraction of sp³-hybridized carbons (Fsp3) is 0.200. The van der Waals surface area contributed by atoms with Crippen LogP contribution in [0.15, 0.2) is 47.4 Å². The van der Waals surface area contributed by atoms with Crippen LogP contribution in [0.4, 0.5) is 0 Å². The lowest BCUT2D eigenvalue weighted by Gasteiger charge is -2.18. The zero-order valence-corrected chi connectivity index (χ0v) is 15.2. The van der Waals surface area contributed by atoms with Crippen molar-refractivity contribution in [3.63, 3.8) is 0 Å². The summed E-state index contributed by atoms with van der Waals surface area (Å²) in [6.07, 6.45) is 1.33. The van der Waals surface area contributed by atoms with Gasteiger partial charge < -0.3 is 14.9 Å². The fourth-order valence-electron chi connectivity index (χ4n) is 3.04. The van der Waals surface area contributed by atoms with Crippen LogP contribution in [0, 0.1) is 6.92 Å². The average molecular weight is 382 g/mol. The monoisotopic (exact) mass is 382 g/mol. The standard InChI is InChI=1S/C20H18N2O6/c1-11-7-8-22-15(9-11)21-18(24)17(19(22)25)14(10-16(23)28-2)12-3-5-13(6-4-12)20(26)27/h3-9,14,24H,10H2,1-2H3,(H,26,27)/t14-/m1/s1. The van der Waals surface area contributed by atoms with E-state index < -0.39 is 29.3 Å². The van der Waals surface area contributed by atoms with Crippen LogP contribution in [-0.2, 0) is 9.53 Å². The second-order valence-electron chi connectivity index (χ2n) is 6.35. The van der Waals surface area contributed by atoms with Crippen molar-refractivity contribution in [3.8, 4) is 5.88 Å². The lowest BCUT2D eigenvalue weighted by molar-refractivity contribution is -0.140. The molecule has 28 heavy (non-hydrogen) atoms. The highest BCUT2D eigenvalue weighted by molar-refractivity contribution is 5.87. The number of aryl methyl sites for hydroxylation is 1. The first-order valence-corrected chi connectivity index (χ1v) is 8.43. The van der Waals surface area contributed by atoms with E-state index in [0.29, 0.717) is 5.56 Å². The molecule has 8 nitrogen and oxygen atoms in total. The first kappa shape index (κ1) is 19.1. The molecule has 0 radical (unpaired) electrons. The number of carboxylic acids is 1. The first-order valence-electron chi connectivity index (χ1n) is 8.43. The minimum absolute atomic E-state index is 0.0603. The number of esters is 1. The van der Waals surface area contributed by atoms with E-state index in [2.05, 4.69) is 4.98 Å². The van der Waals surface area contributed by atoms with Gasteiger partial charge in [0.05, 0.1) is 24.7 Å². The highest BCUT2D eigenvalue weighted by Crippen LogP contribution is 2.31. The Kier molecular flexibility index (Phi) is 5.12. The summed E-state index contributed by atoms with van der Waals surface area (Å²) < 4.78 is 6.01. The molecular weight excluding hydrogens is 364 g/mol. The maximum atomic E-state index is 13.0. The largest absolute Gasteiger partial charge is 0.493 e. The third-order valence-electron chi connectivity index (χ3n) is 4.51. The summed E-state index contributed by atoms with van der Waals surface area (Å²) in [7, 11) is 1.22. The van der Waals surface area contributed by atoms with Crippen LogP contribution in [0.25, 0.3) is 5.65 Å². The van der Waals surface area contributed by atoms with Gasteiger partial charge in [-0.05, 0) is 42.3 Å². The van der Waals surface area contributed by atoms with Crippen LogP contribution in [0.2, 0.25) is 0 Å². The Morgan fingerprint density at radius 2 is 1.89 bits per heavy atom. The Morgan fingerprint density at radius 1 is 1.21 bits per heavy atom. The number of rotatable bonds is 5. The molecule has 0 fully saturated rings. The van der Waals surface area contributed by atoms with Crippen molar-refractivity contribution < 1.29 is 24.5 Å². The number of aromatic nitrogens is 2. The summed E-state index contributed by atoms with van der Waals surface area (Å²) in [6.45, 7) is 1.83. The zero-order valence-electron chi connectivity index (χ0n) is 15.2. The van der Waals surface area contributed by atoms with Gasteiger partial charge in [0.1, 0.15) is 5.65 Å². The predicted octanol–water partition coefficient (Wildman–Crippen LogP) is 2.10. The maximum Gasteiger partial charge on any atom is 0.335 e. The molecule has 0 bridgehead atoms. The molecule has 0 aliphatic carbocycles. The number of carbonyl (C=O) groups excluding carboxylic acids is 1. The van der Waals surface area contributed by atoms with Gasteiger partial charge in [0.2, 0.25) is 5.88 Å². The smallest absolute Gasteiger partial charge is 0.335 e. The molecule has 144 valence electrons. The quantitative estimate of drug-likeness (QED) is 0.649. The molecule has 0 aliphatic rings. The molecular formula is C20H18N2O6. The molecule has 8 heteroatoms.